The Hall–Kier alpha value is -1.31. The number of benzene rings is 2. The van der Waals surface area contributed by atoms with E-state index in [0.29, 0.717) is 5.92 Å². The molecule has 0 amide bonds. The monoisotopic (exact) mass is 289 g/mol. The zero-order valence-corrected chi connectivity index (χ0v) is 12.7. The highest BCUT2D eigenvalue weighted by Gasteiger charge is 2.07. The number of aryl methyl sites for hydroxylation is 2. The van der Waals surface area contributed by atoms with Gasteiger partial charge >= 0.3 is 0 Å². The number of halogens is 1. The van der Waals surface area contributed by atoms with Crippen molar-refractivity contribution in [1.29, 1.82) is 0 Å². The minimum Gasteiger partial charge on any atom is -0.330 e. The lowest BCUT2D eigenvalue weighted by Crippen LogP contribution is -2.16. The minimum absolute atomic E-state index is 0. The zero-order chi connectivity index (χ0) is 13.3. The number of nitrogens with two attached hydrogens (primary N) is 1. The molecule has 0 unspecified atom stereocenters. The third-order valence-electron chi connectivity index (χ3n) is 3.70. The molecule has 0 radical (unpaired) electrons. The van der Waals surface area contributed by atoms with E-state index in [0.717, 1.165) is 19.4 Å². The fourth-order valence-electron chi connectivity index (χ4n) is 2.41. The SMILES string of the molecule is Cl.NCC(CCc1ccccc1)CCc1ccccc1. The van der Waals surface area contributed by atoms with Crippen LogP contribution in [0.2, 0.25) is 0 Å². The largest absolute Gasteiger partial charge is 0.330 e. The highest BCUT2D eigenvalue weighted by molar-refractivity contribution is 5.85. The lowest BCUT2D eigenvalue weighted by atomic mass is 9.93. The highest BCUT2D eigenvalue weighted by Crippen LogP contribution is 2.15. The molecular weight excluding hydrogens is 266 g/mol. The summed E-state index contributed by atoms with van der Waals surface area (Å²) >= 11 is 0. The second kappa shape index (κ2) is 9.57. The maximum Gasteiger partial charge on any atom is -0.00486 e. The Balaban J connectivity index is 0.00000200. The maximum absolute atomic E-state index is 5.90. The van der Waals surface area contributed by atoms with E-state index in [1.54, 1.807) is 0 Å². The molecule has 2 heteroatoms. The zero-order valence-electron chi connectivity index (χ0n) is 11.9. The van der Waals surface area contributed by atoms with Gasteiger partial charge in [0.25, 0.3) is 0 Å². The summed E-state index contributed by atoms with van der Waals surface area (Å²) in [4.78, 5) is 0. The molecule has 0 saturated heterocycles. The van der Waals surface area contributed by atoms with Crippen LogP contribution in [0.3, 0.4) is 0 Å². The summed E-state index contributed by atoms with van der Waals surface area (Å²) in [5, 5.41) is 0. The number of hydrogen-bond acceptors (Lipinski definition) is 1. The summed E-state index contributed by atoms with van der Waals surface area (Å²) in [5.41, 5.74) is 8.74. The Morgan fingerprint density at radius 1 is 0.700 bits per heavy atom. The summed E-state index contributed by atoms with van der Waals surface area (Å²) in [5.74, 6) is 0.625. The van der Waals surface area contributed by atoms with Crippen molar-refractivity contribution >= 4 is 12.4 Å². The summed E-state index contributed by atoms with van der Waals surface area (Å²) < 4.78 is 0. The van der Waals surface area contributed by atoms with Crippen LogP contribution < -0.4 is 5.73 Å². The molecule has 2 N–H and O–H groups in total. The quantitative estimate of drug-likeness (QED) is 0.810. The molecule has 0 aromatic heterocycles. The first-order valence-corrected chi connectivity index (χ1v) is 7.16. The predicted octanol–water partition coefficient (Wildman–Crippen LogP) is 4.25. The first-order chi connectivity index (χ1) is 9.38. The Morgan fingerprint density at radius 3 is 1.45 bits per heavy atom. The van der Waals surface area contributed by atoms with Crippen LogP contribution in [0.4, 0.5) is 0 Å². The fraction of sp³-hybridized carbons (Fsp3) is 0.333. The fourth-order valence-corrected chi connectivity index (χ4v) is 2.41. The Morgan fingerprint density at radius 2 is 1.10 bits per heavy atom. The molecule has 2 aromatic carbocycles. The first kappa shape index (κ1) is 16.7. The summed E-state index contributed by atoms with van der Waals surface area (Å²) in [6, 6.07) is 21.4. The van der Waals surface area contributed by atoms with Gasteiger partial charge in [0.05, 0.1) is 0 Å². The molecule has 0 bridgehead atoms. The van der Waals surface area contributed by atoms with E-state index in [2.05, 4.69) is 60.7 Å². The number of rotatable bonds is 7. The van der Waals surface area contributed by atoms with Crippen LogP contribution in [-0.2, 0) is 12.8 Å². The molecule has 2 rings (SSSR count). The molecule has 0 aliphatic rings. The topological polar surface area (TPSA) is 26.0 Å². The summed E-state index contributed by atoms with van der Waals surface area (Å²) in [7, 11) is 0. The van der Waals surface area contributed by atoms with E-state index in [4.69, 9.17) is 5.73 Å². The van der Waals surface area contributed by atoms with E-state index in [-0.39, 0.29) is 12.4 Å². The standard InChI is InChI=1S/C18H23N.ClH/c19-15-18(13-11-16-7-3-1-4-8-16)14-12-17-9-5-2-6-10-17;/h1-10,18H,11-15,19H2;1H. The van der Waals surface area contributed by atoms with Gasteiger partial charge in [-0.25, -0.2) is 0 Å². The first-order valence-electron chi connectivity index (χ1n) is 7.16. The molecule has 0 fully saturated rings. The molecule has 0 aliphatic carbocycles. The van der Waals surface area contributed by atoms with Gasteiger partial charge in [-0.3, -0.25) is 0 Å². The van der Waals surface area contributed by atoms with Crippen LogP contribution in [0, 0.1) is 5.92 Å². The molecule has 0 atom stereocenters. The highest BCUT2D eigenvalue weighted by atomic mass is 35.5. The molecule has 0 heterocycles. The Labute approximate surface area is 128 Å². The van der Waals surface area contributed by atoms with Crippen LogP contribution in [0.25, 0.3) is 0 Å². The average molecular weight is 290 g/mol. The van der Waals surface area contributed by atoms with E-state index in [1.807, 2.05) is 0 Å². The van der Waals surface area contributed by atoms with Crippen molar-refractivity contribution in [3.8, 4) is 0 Å². The molecule has 20 heavy (non-hydrogen) atoms. The van der Waals surface area contributed by atoms with Gasteiger partial charge in [-0.05, 0) is 49.3 Å². The van der Waals surface area contributed by atoms with E-state index >= 15 is 0 Å². The lowest BCUT2D eigenvalue weighted by Gasteiger charge is -2.14. The van der Waals surface area contributed by atoms with Gasteiger partial charge in [0.1, 0.15) is 0 Å². The van der Waals surface area contributed by atoms with Crippen LogP contribution >= 0.6 is 12.4 Å². The second-order valence-electron chi connectivity index (χ2n) is 5.15. The van der Waals surface area contributed by atoms with Crippen molar-refractivity contribution in [2.45, 2.75) is 25.7 Å². The van der Waals surface area contributed by atoms with Crippen molar-refractivity contribution in [2.24, 2.45) is 11.7 Å². The summed E-state index contributed by atoms with van der Waals surface area (Å²) in [6.45, 7) is 0.791. The van der Waals surface area contributed by atoms with Crippen LogP contribution in [0.15, 0.2) is 60.7 Å². The molecule has 2 aromatic rings. The average Bonchev–Trinajstić information content (AvgIpc) is 2.49. The molecule has 108 valence electrons. The molecule has 1 nitrogen and oxygen atoms in total. The lowest BCUT2D eigenvalue weighted by molar-refractivity contribution is 0.461. The van der Waals surface area contributed by atoms with Crippen molar-refractivity contribution < 1.29 is 0 Å². The van der Waals surface area contributed by atoms with Crippen molar-refractivity contribution in [3.63, 3.8) is 0 Å². The van der Waals surface area contributed by atoms with E-state index in [9.17, 15) is 0 Å². The van der Waals surface area contributed by atoms with Gasteiger partial charge in [-0.2, -0.15) is 0 Å². The third kappa shape index (κ3) is 5.77. The van der Waals surface area contributed by atoms with Crippen molar-refractivity contribution in [2.75, 3.05) is 6.54 Å². The molecule has 0 spiro atoms. The minimum atomic E-state index is 0. The van der Waals surface area contributed by atoms with Crippen molar-refractivity contribution in [1.82, 2.24) is 0 Å². The smallest absolute Gasteiger partial charge is 0.00486 e. The Kier molecular flexibility index (Phi) is 8.01. The Bertz CT molecular complexity index is 412. The van der Waals surface area contributed by atoms with Crippen LogP contribution in [-0.4, -0.2) is 6.54 Å². The normalized spacial score (nSPS) is 10.3. The summed E-state index contributed by atoms with van der Waals surface area (Å²) in [6.07, 6.45) is 4.65. The van der Waals surface area contributed by atoms with E-state index < -0.39 is 0 Å². The van der Waals surface area contributed by atoms with Gasteiger partial charge < -0.3 is 5.73 Å². The molecular formula is C18H24ClN. The van der Waals surface area contributed by atoms with Gasteiger partial charge in [-0.1, -0.05) is 60.7 Å². The second-order valence-corrected chi connectivity index (χ2v) is 5.15. The van der Waals surface area contributed by atoms with Gasteiger partial charge in [-0.15, -0.1) is 12.4 Å². The molecule has 0 aliphatic heterocycles. The van der Waals surface area contributed by atoms with Crippen molar-refractivity contribution in [3.05, 3.63) is 71.8 Å². The molecule has 0 saturated carbocycles. The predicted molar refractivity (Wildman–Crippen MR) is 89.3 cm³/mol. The van der Waals surface area contributed by atoms with Gasteiger partial charge in [0.2, 0.25) is 0 Å². The maximum atomic E-state index is 5.90. The van der Waals surface area contributed by atoms with Gasteiger partial charge in [0.15, 0.2) is 0 Å². The van der Waals surface area contributed by atoms with E-state index in [1.165, 1.54) is 24.0 Å². The van der Waals surface area contributed by atoms with Crippen LogP contribution in [0.5, 0.6) is 0 Å². The number of hydrogen-bond donors (Lipinski definition) is 1. The van der Waals surface area contributed by atoms with Crippen LogP contribution in [0.1, 0.15) is 24.0 Å². The third-order valence-corrected chi connectivity index (χ3v) is 3.70. The van der Waals surface area contributed by atoms with Gasteiger partial charge in [0, 0.05) is 0 Å².